The molecule has 3 atom stereocenters. The maximum atomic E-state index is 2.56. The first-order chi connectivity index (χ1) is 7.43. The molecule has 3 aliphatic carbocycles. The van der Waals surface area contributed by atoms with Crippen molar-refractivity contribution in [1.82, 2.24) is 0 Å². The first-order valence-corrected chi connectivity index (χ1v) is 7.12. The molecular formula is C15H24. The van der Waals surface area contributed by atoms with Gasteiger partial charge in [-0.05, 0) is 56.3 Å². The van der Waals surface area contributed by atoms with Crippen molar-refractivity contribution < 1.29 is 0 Å². The SMILES string of the molecule is C1=C(C2CCC3CCCCC3C2)CCC1. The van der Waals surface area contributed by atoms with Crippen LogP contribution >= 0.6 is 0 Å². The Balaban J connectivity index is 1.64. The van der Waals surface area contributed by atoms with Crippen molar-refractivity contribution in [3.8, 4) is 0 Å². The molecule has 15 heavy (non-hydrogen) atoms. The third kappa shape index (κ3) is 2.00. The zero-order valence-corrected chi connectivity index (χ0v) is 9.88. The molecule has 0 amide bonds. The lowest BCUT2D eigenvalue weighted by atomic mass is 9.66. The van der Waals surface area contributed by atoms with Gasteiger partial charge in [-0.1, -0.05) is 37.3 Å². The molecule has 0 aromatic rings. The second-order valence-electron chi connectivity index (χ2n) is 5.99. The van der Waals surface area contributed by atoms with Crippen LogP contribution in [-0.2, 0) is 0 Å². The summed E-state index contributed by atoms with van der Waals surface area (Å²) in [5.41, 5.74) is 1.85. The van der Waals surface area contributed by atoms with Gasteiger partial charge in [0.15, 0.2) is 0 Å². The van der Waals surface area contributed by atoms with Crippen molar-refractivity contribution in [2.45, 2.75) is 64.2 Å². The monoisotopic (exact) mass is 204 g/mol. The largest absolute Gasteiger partial charge is 0.0850 e. The maximum Gasteiger partial charge on any atom is -0.0200 e. The molecule has 0 nitrogen and oxygen atoms in total. The summed E-state index contributed by atoms with van der Waals surface area (Å²) >= 11 is 0. The van der Waals surface area contributed by atoms with E-state index in [4.69, 9.17) is 0 Å². The predicted molar refractivity (Wildman–Crippen MR) is 64.7 cm³/mol. The molecule has 2 saturated carbocycles. The normalized spacial score (nSPS) is 41.1. The van der Waals surface area contributed by atoms with Gasteiger partial charge in [0.2, 0.25) is 0 Å². The van der Waals surface area contributed by atoms with Crippen LogP contribution in [0.25, 0.3) is 0 Å². The topological polar surface area (TPSA) is 0 Å². The van der Waals surface area contributed by atoms with Gasteiger partial charge in [0, 0.05) is 0 Å². The van der Waals surface area contributed by atoms with E-state index >= 15 is 0 Å². The van der Waals surface area contributed by atoms with E-state index in [9.17, 15) is 0 Å². The van der Waals surface area contributed by atoms with E-state index in [1.807, 2.05) is 5.57 Å². The van der Waals surface area contributed by atoms with Crippen molar-refractivity contribution in [2.24, 2.45) is 17.8 Å². The van der Waals surface area contributed by atoms with Gasteiger partial charge in [-0.3, -0.25) is 0 Å². The first-order valence-electron chi connectivity index (χ1n) is 7.12. The minimum absolute atomic E-state index is 1.01. The molecule has 3 rings (SSSR count). The molecular weight excluding hydrogens is 180 g/mol. The third-order valence-electron chi connectivity index (χ3n) is 5.14. The molecule has 0 spiro atoms. The highest BCUT2D eigenvalue weighted by molar-refractivity contribution is 5.13. The smallest absolute Gasteiger partial charge is 0.0200 e. The van der Waals surface area contributed by atoms with Crippen LogP contribution in [0, 0.1) is 17.8 Å². The average molecular weight is 204 g/mol. The molecule has 3 unspecified atom stereocenters. The molecule has 0 saturated heterocycles. The van der Waals surface area contributed by atoms with E-state index in [0.717, 1.165) is 17.8 Å². The van der Waals surface area contributed by atoms with Gasteiger partial charge in [-0.25, -0.2) is 0 Å². The molecule has 0 aliphatic heterocycles. The van der Waals surface area contributed by atoms with Crippen LogP contribution in [0.4, 0.5) is 0 Å². The Labute approximate surface area is 94.1 Å². The third-order valence-corrected chi connectivity index (χ3v) is 5.14. The highest BCUT2D eigenvalue weighted by atomic mass is 14.4. The number of fused-ring (bicyclic) bond motifs is 1. The van der Waals surface area contributed by atoms with Gasteiger partial charge in [0.25, 0.3) is 0 Å². The molecule has 0 aromatic heterocycles. The fourth-order valence-electron chi connectivity index (χ4n) is 4.28. The maximum absolute atomic E-state index is 2.56. The standard InChI is InChI=1S/C15H24/c1-2-6-12(5-1)15-10-9-13-7-3-4-8-14(13)11-15/h5,13-15H,1-4,6-11H2. The van der Waals surface area contributed by atoms with Crippen LogP contribution in [-0.4, -0.2) is 0 Å². The summed E-state index contributed by atoms with van der Waals surface area (Å²) in [4.78, 5) is 0. The number of rotatable bonds is 1. The summed E-state index contributed by atoms with van der Waals surface area (Å²) in [5.74, 6) is 3.24. The summed E-state index contributed by atoms with van der Waals surface area (Å²) in [5, 5.41) is 0. The molecule has 0 heteroatoms. The summed E-state index contributed by atoms with van der Waals surface area (Å²) in [6, 6.07) is 0. The van der Waals surface area contributed by atoms with Crippen LogP contribution in [0.3, 0.4) is 0 Å². The highest BCUT2D eigenvalue weighted by Gasteiger charge is 2.33. The van der Waals surface area contributed by atoms with Gasteiger partial charge in [-0.2, -0.15) is 0 Å². The van der Waals surface area contributed by atoms with E-state index in [1.165, 1.54) is 38.5 Å². The summed E-state index contributed by atoms with van der Waals surface area (Å²) < 4.78 is 0. The predicted octanol–water partition coefficient (Wildman–Crippen LogP) is 4.70. The molecule has 0 radical (unpaired) electrons. The van der Waals surface area contributed by atoms with Crippen LogP contribution in [0.1, 0.15) is 64.2 Å². The lowest BCUT2D eigenvalue weighted by Gasteiger charge is -2.40. The van der Waals surface area contributed by atoms with Gasteiger partial charge in [0.1, 0.15) is 0 Å². The van der Waals surface area contributed by atoms with Crippen LogP contribution in [0.2, 0.25) is 0 Å². The van der Waals surface area contributed by atoms with Crippen LogP contribution in [0.15, 0.2) is 11.6 Å². The summed E-state index contributed by atoms with van der Waals surface area (Å²) in [6.45, 7) is 0. The number of hydrogen-bond donors (Lipinski definition) is 0. The molecule has 0 bridgehead atoms. The zero-order chi connectivity index (χ0) is 10.1. The Kier molecular flexibility index (Phi) is 2.86. The van der Waals surface area contributed by atoms with Gasteiger partial charge < -0.3 is 0 Å². The van der Waals surface area contributed by atoms with Crippen molar-refractivity contribution >= 4 is 0 Å². The minimum Gasteiger partial charge on any atom is -0.0850 e. The fraction of sp³-hybridized carbons (Fsp3) is 0.867. The lowest BCUT2D eigenvalue weighted by Crippen LogP contribution is -2.28. The molecule has 3 aliphatic rings. The van der Waals surface area contributed by atoms with Crippen LogP contribution < -0.4 is 0 Å². The summed E-state index contributed by atoms with van der Waals surface area (Å²) in [6.07, 6.45) is 17.6. The fourth-order valence-corrected chi connectivity index (χ4v) is 4.28. The Hall–Kier alpha value is -0.260. The van der Waals surface area contributed by atoms with Crippen molar-refractivity contribution in [3.05, 3.63) is 11.6 Å². The molecule has 0 aromatic carbocycles. The Bertz CT molecular complexity index is 251. The van der Waals surface area contributed by atoms with Crippen LogP contribution in [0.5, 0.6) is 0 Å². The van der Waals surface area contributed by atoms with Gasteiger partial charge in [-0.15, -0.1) is 0 Å². The zero-order valence-electron chi connectivity index (χ0n) is 9.88. The quantitative estimate of drug-likeness (QED) is 0.543. The number of hydrogen-bond acceptors (Lipinski definition) is 0. The first kappa shape index (κ1) is 9.93. The van der Waals surface area contributed by atoms with Gasteiger partial charge >= 0.3 is 0 Å². The molecule has 0 heterocycles. The molecule has 0 N–H and O–H groups in total. The van der Waals surface area contributed by atoms with E-state index in [0.29, 0.717) is 0 Å². The minimum atomic E-state index is 1.01. The average Bonchev–Trinajstić information content (AvgIpc) is 2.82. The van der Waals surface area contributed by atoms with Crippen molar-refractivity contribution in [2.75, 3.05) is 0 Å². The second-order valence-corrected chi connectivity index (χ2v) is 5.99. The molecule has 84 valence electrons. The Morgan fingerprint density at radius 3 is 2.53 bits per heavy atom. The highest BCUT2D eigenvalue weighted by Crippen LogP contribution is 2.46. The van der Waals surface area contributed by atoms with E-state index in [-0.39, 0.29) is 0 Å². The number of allylic oxidation sites excluding steroid dienone is 2. The van der Waals surface area contributed by atoms with Crippen molar-refractivity contribution in [3.63, 3.8) is 0 Å². The van der Waals surface area contributed by atoms with E-state index in [2.05, 4.69) is 6.08 Å². The van der Waals surface area contributed by atoms with Crippen molar-refractivity contribution in [1.29, 1.82) is 0 Å². The lowest BCUT2D eigenvalue weighted by molar-refractivity contribution is 0.142. The Morgan fingerprint density at radius 2 is 1.73 bits per heavy atom. The summed E-state index contributed by atoms with van der Waals surface area (Å²) in [7, 11) is 0. The van der Waals surface area contributed by atoms with E-state index in [1.54, 1.807) is 25.7 Å². The molecule has 2 fully saturated rings. The second kappa shape index (κ2) is 4.31. The van der Waals surface area contributed by atoms with E-state index < -0.39 is 0 Å². The Morgan fingerprint density at radius 1 is 0.867 bits per heavy atom. The van der Waals surface area contributed by atoms with Gasteiger partial charge in [0.05, 0.1) is 0 Å².